The van der Waals surface area contributed by atoms with E-state index >= 15 is 0 Å². The maximum atomic E-state index is 13.0. The maximum absolute atomic E-state index is 13.0. The van der Waals surface area contributed by atoms with Gasteiger partial charge in [-0.3, -0.25) is 0 Å². The molecule has 0 unspecified atom stereocenters. The molecule has 2 aromatic rings. The fraction of sp³-hybridized carbons (Fsp3) is 0.467. The van der Waals surface area contributed by atoms with Gasteiger partial charge in [-0.15, -0.1) is 0 Å². The van der Waals surface area contributed by atoms with Crippen LogP contribution in [0.5, 0.6) is 5.75 Å². The average Bonchev–Trinajstić information content (AvgIpc) is 2.74. The normalized spacial score (nSPS) is 17.1. The number of rotatable bonds is 2. The van der Waals surface area contributed by atoms with Crippen LogP contribution in [0.4, 0.5) is 4.39 Å². The second-order valence-electron chi connectivity index (χ2n) is 5.31. The molecule has 0 amide bonds. The zero-order valence-corrected chi connectivity index (χ0v) is 11.2. The predicted molar refractivity (Wildman–Crippen MR) is 71.8 cm³/mol. The molecule has 1 aliphatic rings. The van der Waals surface area contributed by atoms with Gasteiger partial charge in [0, 0.05) is 12.0 Å². The Morgan fingerprint density at radius 3 is 2.60 bits per heavy atom. The Labute approximate surface area is 116 Å². The van der Waals surface area contributed by atoms with Crippen molar-refractivity contribution >= 4 is 0 Å². The monoisotopic (exact) mass is 276 g/mol. The lowest BCUT2D eigenvalue weighted by Gasteiger charge is -2.07. The van der Waals surface area contributed by atoms with Crippen LogP contribution in [0.25, 0.3) is 11.5 Å². The van der Waals surface area contributed by atoms with Crippen LogP contribution in [-0.2, 0) is 0 Å². The summed E-state index contributed by atoms with van der Waals surface area (Å²) in [6, 6.07) is 3.77. The van der Waals surface area contributed by atoms with Crippen molar-refractivity contribution in [2.24, 2.45) is 0 Å². The largest absolute Gasteiger partial charge is 0.507 e. The molecular weight excluding hydrogens is 259 g/mol. The van der Waals surface area contributed by atoms with Gasteiger partial charge >= 0.3 is 0 Å². The number of halogens is 1. The van der Waals surface area contributed by atoms with Crippen LogP contribution < -0.4 is 0 Å². The molecule has 1 fully saturated rings. The Balaban J connectivity index is 1.85. The van der Waals surface area contributed by atoms with Gasteiger partial charge in [0.1, 0.15) is 11.6 Å². The molecule has 20 heavy (non-hydrogen) atoms. The van der Waals surface area contributed by atoms with Gasteiger partial charge in [0.05, 0.1) is 5.56 Å². The van der Waals surface area contributed by atoms with Crippen molar-refractivity contribution in [1.82, 2.24) is 10.1 Å². The number of phenols is 1. The zero-order chi connectivity index (χ0) is 13.9. The van der Waals surface area contributed by atoms with E-state index in [0.717, 1.165) is 18.9 Å². The Morgan fingerprint density at radius 1 is 1.15 bits per heavy atom. The summed E-state index contributed by atoms with van der Waals surface area (Å²) in [5.41, 5.74) is 0.374. The molecule has 3 rings (SSSR count). The summed E-state index contributed by atoms with van der Waals surface area (Å²) >= 11 is 0. The van der Waals surface area contributed by atoms with Gasteiger partial charge in [0.2, 0.25) is 0 Å². The van der Waals surface area contributed by atoms with Crippen LogP contribution in [0.3, 0.4) is 0 Å². The quantitative estimate of drug-likeness (QED) is 0.842. The lowest BCUT2D eigenvalue weighted by Crippen LogP contribution is -1.99. The fourth-order valence-electron chi connectivity index (χ4n) is 2.73. The maximum Gasteiger partial charge on any atom is 0.261 e. The first-order valence-electron chi connectivity index (χ1n) is 7.06. The van der Waals surface area contributed by atoms with E-state index < -0.39 is 5.82 Å². The highest BCUT2D eigenvalue weighted by atomic mass is 19.1. The second kappa shape index (κ2) is 5.61. The van der Waals surface area contributed by atoms with Crippen LogP contribution in [0.15, 0.2) is 22.7 Å². The first-order valence-corrected chi connectivity index (χ1v) is 7.06. The van der Waals surface area contributed by atoms with E-state index in [4.69, 9.17) is 4.52 Å². The van der Waals surface area contributed by atoms with Gasteiger partial charge in [0.25, 0.3) is 5.89 Å². The Morgan fingerprint density at radius 2 is 1.90 bits per heavy atom. The van der Waals surface area contributed by atoms with Gasteiger partial charge in [-0.2, -0.15) is 4.98 Å². The molecule has 0 spiro atoms. The smallest absolute Gasteiger partial charge is 0.261 e. The third kappa shape index (κ3) is 2.66. The van der Waals surface area contributed by atoms with Crippen molar-refractivity contribution < 1.29 is 14.0 Å². The molecule has 0 aliphatic heterocycles. The molecule has 4 nitrogen and oxygen atoms in total. The zero-order valence-electron chi connectivity index (χ0n) is 11.2. The number of aromatic hydroxyl groups is 1. The Hall–Kier alpha value is -1.91. The Bertz CT molecular complexity index is 589. The molecule has 1 N–H and O–H groups in total. The molecule has 0 atom stereocenters. The molecule has 1 aromatic heterocycles. The molecule has 1 saturated carbocycles. The fourth-order valence-corrected chi connectivity index (χ4v) is 2.73. The molecular formula is C15H17FN2O2. The number of hydrogen-bond donors (Lipinski definition) is 1. The molecule has 1 aromatic carbocycles. The first kappa shape index (κ1) is 13.1. The number of aromatic nitrogens is 2. The van der Waals surface area contributed by atoms with Gasteiger partial charge in [-0.25, -0.2) is 4.39 Å². The third-order valence-electron chi connectivity index (χ3n) is 3.85. The van der Waals surface area contributed by atoms with Crippen LogP contribution in [0.2, 0.25) is 0 Å². The first-order chi connectivity index (χ1) is 9.74. The van der Waals surface area contributed by atoms with Crippen molar-refractivity contribution in [2.75, 3.05) is 0 Å². The highest BCUT2D eigenvalue weighted by molar-refractivity contribution is 5.61. The van der Waals surface area contributed by atoms with E-state index in [1.165, 1.54) is 37.8 Å². The summed E-state index contributed by atoms with van der Waals surface area (Å²) in [6.07, 6.45) is 7.06. The standard InChI is InChI=1S/C15H17FN2O2/c16-11-7-8-12(13(19)9-11)15-17-14(18-20-15)10-5-3-1-2-4-6-10/h7-10,19H,1-6H2. The molecule has 0 saturated heterocycles. The average molecular weight is 276 g/mol. The summed E-state index contributed by atoms with van der Waals surface area (Å²) in [5.74, 6) is 0.612. The predicted octanol–water partition coefficient (Wildman–Crippen LogP) is 4.02. The van der Waals surface area contributed by atoms with E-state index in [1.807, 2.05) is 0 Å². The highest BCUT2D eigenvalue weighted by Crippen LogP contribution is 2.33. The summed E-state index contributed by atoms with van der Waals surface area (Å²) < 4.78 is 18.2. The van der Waals surface area contributed by atoms with E-state index in [0.29, 0.717) is 17.3 Å². The minimum atomic E-state index is -0.491. The van der Waals surface area contributed by atoms with Gasteiger partial charge in [0.15, 0.2) is 5.82 Å². The van der Waals surface area contributed by atoms with Crippen LogP contribution >= 0.6 is 0 Å². The molecule has 0 radical (unpaired) electrons. The summed E-state index contributed by atoms with van der Waals surface area (Å²) in [6.45, 7) is 0. The summed E-state index contributed by atoms with van der Waals surface area (Å²) in [5, 5.41) is 13.8. The minimum Gasteiger partial charge on any atom is -0.507 e. The van der Waals surface area contributed by atoms with E-state index in [-0.39, 0.29) is 11.6 Å². The molecule has 106 valence electrons. The van der Waals surface area contributed by atoms with E-state index in [9.17, 15) is 9.50 Å². The van der Waals surface area contributed by atoms with Gasteiger partial charge < -0.3 is 9.63 Å². The lowest BCUT2D eigenvalue weighted by atomic mass is 10.00. The number of hydrogen-bond acceptors (Lipinski definition) is 4. The van der Waals surface area contributed by atoms with Crippen molar-refractivity contribution in [2.45, 2.75) is 44.4 Å². The highest BCUT2D eigenvalue weighted by Gasteiger charge is 2.21. The van der Waals surface area contributed by atoms with E-state index in [1.54, 1.807) is 0 Å². The Kier molecular flexibility index (Phi) is 3.67. The van der Waals surface area contributed by atoms with Gasteiger partial charge in [-0.1, -0.05) is 30.8 Å². The molecule has 1 aliphatic carbocycles. The minimum absolute atomic E-state index is 0.180. The summed E-state index contributed by atoms with van der Waals surface area (Å²) in [4.78, 5) is 4.38. The number of benzene rings is 1. The third-order valence-corrected chi connectivity index (χ3v) is 3.85. The number of phenolic OH excluding ortho intramolecular Hbond substituents is 1. The van der Waals surface area contributed by atoms with Crippen LogP contribution in [0.1, 0.15) is 50.3 Å². The molecule has 5 heteroatoms. The number of nitrogens with zero attached hydrogens (tertiary/aromatic N) is 2. The van der Waals surface area contributed by atoms with Crippen LogP contribution in [-0.4, -0.2) is 15.2 Å². The van der Waals surface area contributed by atoms with Crippen LogP contribution in [0, 0.1) is 5.82 Å². The van der Waals surface area contributed by atoms with Crippen molar-refractivity contribution in [3.63, 3.8) is 0 Å². The summed E-state index contributed by atoms with van der Waals surface area (Å²) in [7, 11) is 0. The van der Waals surface area contributed by atoms with Crippen molar-refractivity contribution in [3.05, 3.63) is 29.8 Å². The lowest BCUT2D eigenvalue weighted by molar-refractivity contribution is 0.406. The van der Waals surface area contributed by atoms with Gasteiger partial charge in [-0.05, 0) is 25.0 Å². The SMILES string of the molecule is Oc1cc(F)ccc1-c1nc(C2CCCCCC2)no1. The second-order valence-corrected chi connectivity index (χ2v) is 5.31. The van der Waals surface area contributed by atoms with Crippen molar-refractivity contribution in [1.29, 1.82) is 0 Å². The van der Waals surface area contributed by atoms with E-state index in [2.05, 4.69) is 10.1 Å². The molecule has 0 bridgehead atoms. The van der Waals surface area contributed by atoms with Crippen molar-refractivity contribution in [3.8, 4) is 17.2 Å². The topological polar surface area (TPSA) is 59.2 Å². The molecule has 1 heterocycles.